The Bertz CT molecular complexity index is 1590. The van der Waals surface area contributed by atoms with Gasteiger partial charge in [0.2, 0.25) is 0 Å². The maximum absolute atomic E-state index is 14.9. The molecule has 6 nitrogen and oxygen atoms in total. The van der Waals surface area contributed by atoms with Gasteiger partial charge in [-0.3, -0.25) is 9.88 Å². The van der Waals surface area contributed by atoms with Gasteiger partial charge in [0.05, 0.1) is 24.7 Å². The van der Waals surface area contributed by atoms with Gasteiger partial charge in [0, 0.05) is 42.9 Å². The van der Waals surface area contributed by atoms with Crippen LogP contribution in [0.15, 0.2) is 60.8 Å². The van der Waals surface area contributed by atoms with E-state index < -0.39 is 36.3 Å². The molecule has 0 amide bonds. The molecule has 39 heavy (non-hydrogen) atoms. The van der Waals surface area contributed by atoms with Crippen molar-refractivity contribution in [2.45, 2.75) is 32.6 Å². The molecular weight excluding hydrogens is 529 g/mol. The molecule has 0 saturated carbocycles. The monoisotopic (exact) mass is 558 g/mol. The van der Waals surface area contributed by atoms with E-state index in [-0.39, 0.29) is 5.82 Å². The minimum atomic E-state index is -4.90. The molecule has 1 aliphatic heterocycles. The van der Waals surface area contributed by atoms with Crippen LogP contribution in [-0.4, -0.2) is 45.3 Å². The summed E-state index contributed by atoms with van der Waals surface area (Å²) >= 11 is 0. The third kappa shape index (κ3) is 5.82. The molecule has 1 unspecified atom stereocenters. The molecule has 204 valence electrons. The maximum Gasteiger partial charge on any atom is 0.419 e. The lowest BCUT2D eigenvalue weighted by Crippen LogP contribution is -2.37. The fraction of sp³-hybridized carbons (Fsp3) is 0.321. The van der Waals surface area contributed by atoms with Crippen LogP contribution in [0.3, 0.4) is 0 Å². The number of rotatable bonds is 6. The zero-order chi connectivity index (χ0) is 28.7. The van der Waals surface area contributed by atoms with E-state index >= 15 is 0 Å². The molecule has 0 aliphatic carbocycles. The molecule has 0 radical (unpaired) electrons. The number of pyridine rings is 1. The van der Waals surface area contributed by atoms with E-state index in [0.717, 1.165) is 18.7 Å². The summed E-state index contributed by atoms with van der Waals surface area (Å²) in [6.07, 6.45) is -2.52. The highest BCUT2D eigenvalue weighted by Crippen LogP contribution is 2.46. The van der Waals surface area contributed by atoms with Crippen molar-refractivity contribution in [3.05, 3.63) is 89.1 Å². The van der Waals surface area contributed by atoms with Crippen LogP contribution in [0.5, 0.6) is 0 Å². The van der Waals surface area contributed by atoms with Gasteiger partial charge in [-0.05, 0) is 31.5 Å². The van der Waals surface area contributed by atoms with Gasteiger partial charge in [-0.15, -0.1) is 0 Å². The first kappa shape index (κ1) is 25.9. The smallest absolute Gasteiger partial charge is 0.363 e. The van der Waals surface area contributed by atoms with Crippen LogP contribution in [0, 0.1) is 12.7 Å². The van der Waals surface area contributed by atoms with Gasteiger partial charge < -0.3 is 9.88 Å². The third-order valence-electron chi connectivity index (χ3n) is 6.91. The van der Waals surface area contributed by atoms with Gasteiger partial charge >= 0.3 is 6.18 Å². The lowest BCUT2D eigenvalue weighted by Gasteiger charge is -2.32. The summed E-state index contributed by atoms with van der Waals surface area (Å²) in [6, 6.07) is 12.5. The molecule has 1 aliphatic rings. The number of aromatic nitrogens is 3. The van der Waals surface area contributed by atoms with Crippen molar-refractivity contribution in [1.82, 2.24) is 19.9 Å². The molecule has 1 saturated heterocycles. The molecule has 3 heterocycles. The molecule has 0 bridgehead atoms. The van der Waals surface area contributed by atoms with Crippen LogP contribution in [0.4, 0.5) is 23.4 Å². The second-order valence-electron chi connectivity index (χ2n) is 9.69. The van der Waals surface area contributed by atoms with E-state index in [1.165, 1.54) is 18.7 Å². The average molecular weight is 559 g/mol. The van der Waals surface area contributed by atoms with Crippen molar-refractivity contribution in [3.8, 4) is 0 Å². The van der Waals surface area contributed by atoms with Crippen LogP contribution >= 0.6 is 7.14 Å². The first-order valence-electron chi connectivity index (χ1n) is 13.0. The summed E-state index contributed by atoms with van der Waals surface area (Å²) in [7, 11) is -2.85. The van der Waals surface area contributed by atoms with E-state index in [1.807, 2.05) is 18.2 Å². The largest absolute Gasteiger partial charge is 0.419 e. The Morgan fingerprint density at radius 2 is 1.82 bits per heavy atom. The molecule has 11 heteroatoms. The van der Waals surface area contributed by atoms with Crippen LogP contribution in [0.1, 0.15) is 36.8 Å². The number of nitrogens with zero attached hydrogens (tertiary/aromatic N) is 4. The Kier molecular flexibility index (Phi) is 7.08. The minimum Gasteiger partial charge on any atom is -0.363 e. The minimum absolute atomic E-state index is 0.120. The zero-order valence-corrected chi connectivity index (χ0v) is 22.4. The van der Waals surface area contributed by atoms with E-state index in [0.29, 0.717) is 53.6 Å². The first-order valence-corrected chi connectivity index (χ1v) is 14.6. The van der Waals surface area contributed by atoms with Crippen LogP contribution < -0.4 is 10.8 Å². The molecule has 1 N–H and O–H groups in total. The molecule has 4 aromatic rings. The second-order valence-corrected chi connectivity index (χ2v) is 12.8. The number of halogens is 4. The number of nitrogens with one attached hydrogen (secondary N) is 1. The SMILES string of the molecule is [2H]C(C)(Nc1nc(C)nc2cnc(P3(=O)CCN(Cc4ccccc4)CC3)cc12)c1cccc(C(F)(F)F)c1F. The van der Waals surface area contributed by atoms with Crippen LogP contribution in [0.25, 0.3) is 10.9 Å². The highest BCUT2D eigenvalue weighted by molar-refractivity contribution is 7.71. The Morgan fingerprint density at radius 1 is 1.10 bits per heavy atom. The molecular formula is C28H28F4N5OP. The number of fused-ring (bicyclic) bond motifs is 1. The fourth-order valence-electron chi connectivity index (χ4n) is 4.80. The number of hydrogen-bond donors (Lipinski definition) is 1. The lowest BCUT2D eigenvalue weighted by atomic mass is 10.0. The Labute approximate surface area is 225 Å². The third-order valence-corrected chi connectivity index (χ3v) is 9.84. The average Bonchev–Trinajstić information content (AvgIpc) is 2.89. The quantitative estimate of drug-likeness (QED) is 0.226. The van der Waals surface area contributed by atoms with Crippen LogP contribution in [0.2, 0.25) is 0 Å². The molecule has 5 rings (SSSR count). The van der Waals surface area contributed by atoms with Crippen LogP contribution in [-0.2, 0) is 17.3 Å². The number of hydrogen-bond acceptors (Lipinski definition) is 6. The van der Waals surface area contributed by atoms with Gasteiger partial charge in [0.25, 0.3) is 0 Å². The Hall–Kier alpha value is -3.36. The fourth-order valence-corrected chi connectivity index (χ4v) is 7.33. The molecule has 2 aromatic heterocycles. The highest BCUT2D eigenvalue weighted by atomic mass is 31.2. The van der Waals surface area contributed by atoms with Gasteiger partial charge in [-0.1, -0.05) is 42.5 Å². The van der Waals surface area contributed by atoms with E-state index in [1.54, 1.807) is 13.0 Å². The maximum atomic E-state index is 14.9. The van der Waals surface area contributed by atoms with Crippen molar-refractivity contribution in [2.24, 2.45) is 0 Å². The number of alkyl halides is 3. The molecule has 0 spiro atoms. The van der Waals surface area contributed by atoms with Crippen molar-refractivity contribution in [2.75, 3.05) is 30.7 Å². The molecule has 1 atom stereocenters. The predicted molar refractivity (Wildman–Crippen MR) is 144 cm³/mol. The highest BCUT2D eigenvalue weighted by Gasteiger charge is 2.36. The van der Waals surface area contributed by atoms with Crippen molar-refractivity contribution in [1.29, 1.82) is 0 Å². The summed E-state index contributed by atoms with van der Waals surface area (Å²) in [5.74, 6) is -1.08. The standard InChI is InChI=1S/C28H28F4N5OP/c1-18(21-9-6-10-23(26(21)29)28(30,31)32)34-27-22-15-25(33-16-24(22)35-19(2)36-27)39(38)13-11-37(12-14-39)17-20-7-4-3-5-8-20/h3-10,15-16,18H,11-14,17H2,1-2H3,(H,34,35,36)/i18D. The first-order chi connectivity index (χ1) is 18.9. The summed E-state index contributed by atoms with van der Waals surface area (Å²) in [4.78, 5) is 15.5. The lowest BCUT2D eigenvalue weighted by molar-refractivity contribution is -0.140. The van der Waals surface area contributed by atoms with Gasteiger partial charge in [0.15, 0.2) is 0 Å². The van der Waals surface area contributed by atoms with Crippen molar-refractivity contribution in [3.63, 3.8) is 0 Å². The second kappa shape index (κ2) is 10.7. The number of aryl methyl sites for hydroxylation is 1. The number of anilines is 1. The zero-order valence-electron chi connectivity index (χ0n) is 22.5. The summed E-state index contributed by atoms with van der Waals surface area (Å²) in [6.45, 7) is 4.92. The Morgan fingerprint density at radius 3 is 2.51 bits per heavy atom. The van der Waals surface area contributed by atoms with Gasteiger partial charge in [-0.2, -0.15) is 13.2 Å². The van der Waals surface area contributed by atoms with Crippen molar-refractivity contribution >= 4 is 29.3 Å². The molecule has 1 fully saturated rings. The van der Waals surface area contributed by atoms with E-state index in [4.69, 9.17) is 1.37 Å². The summed E-state index contributed by atoms with van der Waals surface area (Å²) in [5.41, 5.74) is 0.0684. The summed E-state index contributed by atoms with van der Waals surface area (Å²) in [5, 5.41) is 3.20. The van der Waals surface area contributed by atoms with E-state index in [9.17, 15) is 22.1 Å². The predicted octanol–water partition coefficient (Wildman–Crippen LogP) is 6.17. The topological polar surface area (TPSA) is 71.0 Å². The Balaban J connectivity index is 1.44. The summed E-state index contributed by atoms with van der Waals surface area (Å²) < 4.78 is 77.6. The molecule has 2 aromatic carbocycles. The van der Waals surface area contributed by atoms with E-state index in [2.05, 4.69) is 37.3 Å². The normalized spacial score (nSPS) is 17.9. The van der Waals surface area contributed by atoms with Gasteiger partial charge in [0.1, 0.15) is 30.0 Å². The number of benzene rings is 2. The van der Waals surface area contributed by atoms with Gasteiger partial charge in [-0.25, -0.2) is 14.4 Å². The van der Waals surface area contributed by atoms with Crippen molar-refractivity contribution < 1.29 is 23.5 Å².